The Bertz CT molecular complexity index is 387. The van der Waals surface area contributed by atoms with E-state index >= 15 is 0 Å². The van der Waals surface area contributed by atoms with Crippen LogP contribution in [0, 0.1) is 5.41 Å². The Morgan fingerprint density at radius 2 is 2.00 bits per heavy atom. The SMILES string of the molecule is NCC1(CC2CCCc3ccccc32)CCC1. The van der Waals surface area contributed by atoms with Gasteiger partial charge in [0.1, 0.15) is 0 Å². The molecule has 1 unspecified atom stereocenters. The molecule has 0 aromatic heterocycles. The van der Waals surface area contributed by atoms with Gasteiger partial charge in [0.25, 0.3) is 0 Å². The molecule has 1 aromatic carbocycles. The van der Waals surface area contributed by atoms with Crippen molar-refractivity contribution in [2.75, 3.05) is 6.54 Å². The molecule has 1 fully saturated rings. The summed E-state index contributed by atoms with van der Waals surface area (Å²) in [5.74, 6) is 0.781. The summed E-state index contributed by atoms with van der Waals surface area (Å²) in [6.07, 6.45) is 9.47. The van der Waals surface area contributed by atoms with Crippen LogP contribution in [0.3, 0.4) is 0 Å². The summed E-state index contributed by atoms with van der Waals surface area (Å²) in [6, 6.07) is 9.05. The Morgan fingerprint density at radius 1 is 1.18 bits per heavy atom. The molecule has 0 bridgehead atoms. The van der Waals surface area contributed by atoms with Crippen LogP contribution in [0.2, 0.25) is 0 Å². The van der Waals surface area contributed by atoms with Gasteiger partial charge >= 0.3 is 0 Å². The molecular weight excluding hydrogens is 206 g/mol. The lowest BCUT2D eigenvalue weighted by atomic mass is 9.62. The molecule has 2 aliphatic carbocycles. The summed E-state index contributed by atoms with van der Waals surface area (Å²) in [7, 11) is 0. The zero-order chi connectivity index (χ0) is 11.7. The second kappa shape index (κ2) is 4.45. The average molecular weight is 229 g/mol. The molecule has 0 radical (unpaired) electrons. The lowest BCUT2D eigenvalue weighted by Gasteiger charge is -2.44. The van der Waals surface area contributed by atoms with Gasteiger partial charge in [0.05, 0.1) is 0 Å². The summed E-state index contributed by atoms with van der Waals surface area (Å²) in [4.78, 5) is 0. The highest BCUT2D eigenvalue weighted by Gasteiger charge is 2.38. The second-order valence-electron chi connectivity index (χ2n) is 6.05. The molecule has 17 heavy (non-hydrogen) atoms. The van der Waals surface area contributed by atoms with Crippen LogP contribution in [0.4, 0.5) is 0 Å². The molecule has 0 saturated heterocycles. The topological polar surface area (TPSA) is 26.0 Å². The molecule has 2 aliphatic rings. The van der Waals surface area contributed by atoms with Gasteiger partial charge in [-0.25, -0.2) is 0 Å². The van der Waals surface area contributed by atoms with E-state index in [4.69, 9.17) is 5.73 Å². The predicted octanol–water partition coefficient (Wildman–Crippen LogP) is 3.63. The van der Waals surface area contributed by atoms with Crippen LogP contribution in [-0.2, 0) is 6.42 Å². The smallest absolute Gasteiger partial charge is 0.00203 e. The third-order valence-electron chi connectivity index (χ3n) is 5.02. The first-order chi connectivity index (χ1) is 8.33. The number of hydrogen-bond donors (Lipinski definition) is 1. The highest BCUT2D eigenvalue weighted by Crippen LogP contribution is 2.49. The van der Waals surface area contributed by atoms with Crippen LogP contribution in [-0.4, -0.2) is 6.54 Å². The number of nitrogens with two attached hydrogens (primary N) is 1. The molecule has 2 N–H and O–H groups in total. The summed E-state index contributed by atoms with van der Waals surface area (Å²) < 4.78 is 0. The van der Waals surface area contributed by atoms with Crippen molar-refractivity contribution < 1.29 is 0 Å². The fourth-order valence-electron chi connectivity index (χ4n) is 3.76. The van der Waals surface area contributed by atoms with E-state index in [0.29, 0.717) is 5.41 Å². The zero-order valence-electron chi connectivity index (χ0n) is 10.6. The fourth-order valence-corrected chi connectivity index (χ4v) is 3.76. The number of benzene rings is 1. The lowest BCUT2D eigenvalue weighted by molar-refractivity contribution is 0.115. The molecule has 1 atom stereocenters. The first-order valence-corrected chi connectivity index (χ1v) is 7.11. The maximum Gasteiger partial charge on any atom is -0.00203 e. The van der Waals surface area contributed by atoms with Gasteiger partial charge in [0.15, 0.2) is 0 Å². The van der Waals surface area contributed by atoms with Gasteiger partial charge in [-0.2, -0.15) is 0 Å². The van der Waals surface area contributed by atoms with Gasteiger partial charge < -0.3 is 5.73 Å². The molecule has 1 nitrogen and oxygen atoms in total. The second-order valence-corrected chi connectivity index (χ2v) is 6.05. The normalized spacial score (nSPS) is 26.1. The van der Waals surface area contributed by atoms with Crippen LogP contribution in [0.5, 0.6) is 0 Å². The average Bonchev–Trinajstić information content (AvgIpc) is 2.34. The predicted molar refractivity (Wildman–Crippen MR) is 72.1 cm³/mol. The first-order valence-electron chi connectivity index (χ1n) is 7.11. The van der Waals surface area contributed by atoms with Gasteiger partial charge in [-0.05, 0) is 67.5 Å². The van der Waals surface area contributed by atoms with E-state index in [9.17, 15) is 0 Å². The molecule has 0 heterocycles. The maximum absolute atomic E-state index is 6.01. The summed E-state index contributed by atoms with van der Waals surface area (Å²) >= 11 is 0. The van der Waals surface area contributed by atoms with Crippen molar-refractivity contribution in [1.82, 2.24) is 0 Å². The molecule has 1 aromatic rings. The van der Waals surface area contributed by atoms with Crippen LogP contribution in [0.1, 0.15) is 55.6 Å². The number of fused-ring (bicyclic) bond motifs is 1. The molecule has 0 amide bonds. The third kappa shape index (κ3) is 2.01. The van der Waals surface area contributed by atoms with Gasteiger partial charge in [0, 0.05) is 0 Å². The Morgan fingerprint density at radius 3 is 2.71 bits per heavy atom. The third-order valence-corrected chi connectivity index (χ3v) is 5.02. The Hall–Kier alpha value is -0.820. The van der Waals surface area contributed by atoms with Crippen molar-refractivity contribution in [3.05, 3.63) is 35.4 Å². The molecule has 92 valence electrons. The van der Waals surface area contributed by atoms with Crippen LogP contribution in [0.15, 0.2) is 24.3 Å². The molecule has 1 saturated carbocycles. The highest BCUT2D eigenvalue weighted by molar-refractivity contribution is 5.32. The minimum atomic E-state index is 0.495. The summed E-state index contributed by atoms with van der Waals surface area (Å²) in [5, 5.41) is 0. The molecule has 0 spiro atoms. The largest absolute Gasteiger partial charge is 0.330 e. The van der Waals surface area contributed by atoms with E-state index in [0.717, 1.165) is 12.5 Å². The van der Waals surface area contributed by atoms with Gasteiger partial charge in [-0.3, -0.25) is 0 Å². The van der Waals surface area contributed by atoms with Crippen molar-refractivity contribution in [2.24, 2.45) is 11.1 Å². The van der Waals surface area contributed by atoms with E-state index in [1.807, 2.05) is 0 Å². The standard InChI is InChI=1S/C16H23N/c17-12-16(9-4-10-16)11-14-7-3-6-13-5-1-2-8-15(13)14/h1-2,5,8,14H,3-4,6-7,9-12,17H2. The van der Waals surface area contributed by atoms with E-state index in [1.165, 1.54) is 44.9 Å². The Labute approximate surface area is 104 Å². The van der Waals surface area contributed by atoms with Crippen molar-refractivity contribution in [3.8, 4) is 0 Å². The summed E-state index contributed by atoms with van der Waals surface area (Å²) in [5.41, 5.74) is 9.72. The summed E-state index contributed by atoms with van der Waals surface area (Å²) in [6.45, 7) is 0.895. The maximum atomic E-state index is 6.01. The van der Waals surface area contributed by atoms with Gasteiger partial charge in [-0.15, -0.1) is 0 Å². The monoisotopic (exact) mass is 229 g/mol. The molecular formula is C16H23N. The van der Waals surface area contributed by atoms with Crippen LogP contribution >= 0.6 is 0 Å². The van der Waals surface area contributed by atoms with E-state index in [-0.39, 0.29) is 0 Å². The fraction of sp³-hybridized carbons (Fsp3) is 0.625. The van der Waals surface area contributed by atoms with Crippen molar-refractivity contribution in [3.63, 3.8) is 0 Å². The van der Waals surface area contributed by atoms with E-state index < -0.39 is 0 Å². The van der Waals surface area contributed by atoms with Crippen LogP contribution < -0.4 is 5.73 Å². The Balaban J connectivity index is 1.81. The minimum Gasteiger partial charge on any atom is -0.330 e. The minimum absolute atomic E-state index is 0.495. The highest BCUT2D eigenvalue weighted by atomic mass is 14.6. The number of aryl methyl sites for hydroxylation is 1. The van der Waals surface area contributed by atoms with Gasteiger partial charge in [0.2, 0.25) is 0 Å². The zero-order valence-corrected chi connectivity index (χ0v) is 10.6. The van der Waals surface area contributed by atoms with E-state index in [1.54, 1.807) is 11.1 Å². The first kappa shape index (κ1) is 11.3. The number of hydrogen-bond acceptors (Lipinski definition) is 1. The van der Waals surface area contributed by atoms with Crippen LogP contribution in [0.25, 0.3) is 0 Å². The lowest BCUT2D eigenvalue weighted by Crippen LogP contribution is -2.39. The Kier molecular flexibility index (Phi) is 2.96. The molecule has 1 heteroatoms. The van der Waals surface area contributed by atoms with Gasteiger partial charge in [-0.1, -0.05) is 30.7 Å². The molecule has 0 aliphatic heterocycles. The van der Waals surface area contributed by atoms with Crippen molar-refractivity contribution >= 4 is 0 Å². The van der Waals surface area contributed by atoms with Crippen molar-refractivity contribution in [1.29, 1.82) is 0 Å². The van der Waals surface area contributed by atoms with E-state index in [2.05, 4.69) is 24.3 Å². The number of rotatable bonds is 3. The molecule has 3 rings (SSSR count). The quantitative estimate of drug-likeness (QED) is 0.841. The van der Waals surface area contributed by atoms with Crippen molar-refractivity contribution in [2.45, 2.75) is 50.9 Å².